The molecule has 0 atom stereocenters. The predicted molar refractivity (Wildman–Crippen MR) is 104 cm³/mol. The van der Waals surface area contributed by atoms with E-state index in [1.807, 2.05) is 55.2 Å². The first-order chi connectivity index (χ1) is 12.3. The van der Waals surface area contributed by atoms with Crippen molar-refractivity contribution >= 4 is 23.0 Å². The van der Waals surface area contributed by atoms with Crippen LogP contribution in [0.2, 0.25) is 0 Å². The highest BCUT2D eigenvalue weighted by atomic mass is 16.6. The van der Waals surface area contributed by atoms with Crippen molar-refractivity contribution in [1.29, 1.82) is 0 Å². The average molecular weight is 356 g/mol. The molecule has 2 aromatic carbocycles. The topological polar surface area (TPSA) is 78.7 Å². The molecule has 1 amide bonds. The van der Waals surface area contributed by atoms with Gasteiger partial charge in [-0.3, -0.25) is 19.8 Å². The summed E-state index contributed by atoms with van der Waals surface area (Å²) < 4.78 is 0. The number of para-hydroxylation sites is 1. The van der Waals surface area contributed by atoms with Crippen molar-refractivity contribution in [3.63, 3.8) is 0 Å². The Labute approximate surface area is 153 Å². The zero-order chi connectivity index (χ0) is 19.3. The first kappa shape index (κ1) is 19.4. The number of benzene rings is 2. The number of nitrogens with one attached hydrogen (secondary N) is 1. The molecular formula is C19H24N4O3. The van der Waals surface area contributed by atoms with Gasteiger partial charge in [0, 0.05) is 32.4 Å². The highest BCUT2D eigenvalue weighted by Gasteiger charge is 2.18. The van der Waals surface area contributed by atoms with Gasteiger partial charge in [0.05, 0.1) is 11.5 Å². The molecule has 0 aliphatic carbocycles. The van der Waals surface area contributed by atoms with Gasteiger partial charge in [-0.05, 0) is 37.2 Å². The molecule has 0 saturated heterocycles. The Hall–Kier alpha value is -2.93. The number of aryl methyl sites for hydroxylation is 1. The second kappa shape index (κ2) is 8.44. The standard InChI is InChI=1S/C19H24N4O3/c1-14-6-5-7-17(23(25)26)19(14)20-18(24)13-22(4)12-15-8-10-16(11-9-15)21(2)3/h5-11H,12-13H2,1-4H3,(H,20,24). The van der Waals surface area contributed by atoms with E-state index in [2.05, 4.69) is 5.32 Å². The van der Waals surface area contributed by atoms with Gasteiger partial charge in [0.1, 0.15) is 5.69 Å². The van der Waals surface area contributed by atoms with Gasteiger partial charge >= 0.3 is 0 Å². The number of anilines is 2. The van der Waals surface area contributed by atoms with Crippen molar-refractivity contribution in [3.05, 3.63) is 63.7 Å². The molecular weight excluding hydrogens is 332 g/mol. The number of amides is 1. The van der Waals surface area contributed by atoms with Crippen LogP contribution < -0.4 is 10.2 Å². The first-order valence-electron chi connectivity index (χ1n) is 8.26. The molecule has 0 aliphatic rings. The van der Waals surface area contributed by atoms with Crippen LogP contribution in [0.1, 0.15) is 11.1 Å². The zero-order valence-corrected chi connectivity index (χ0v) is 15.5. The molecule has 26 heavy (non-hydrogen) atoms. The third-order valence-corrected chi connectivity index (χ3v) is 4.03. The van der Waals surface area contributed by atoms with E-state index in [9.17, 15) is 14.9 Å². The highest BCUT2D eigenvalue weighted by Crippen LogP contribution is 2.27. The molecule has 0 fully saturated rings. The molecule has 0 radical (unpaired) electrons. The lowest BCUT2D eigenvalue weighted by Crippen LogP contribution is -2.30. The molecule has 1 N–H and O–H groups in total. The van der Waals surface area contributed by atoms with Gasteiger partial charge in [0.25, 0.3) is 5.69 Å². The van der Waals surface area contributed by atoms with Gasteiger partial charge < -0.3 is 10.2 Å². The number of likely N-dealkylation sites (N-methyl/N-ethyl adjacent to an activating group) is 1. The van der Waals surface area contributed by atoms with Crippen LogP contribution >= 0.6 is 0 Å². The summed E-state index contributed by atoms with van der Waals surface area (Å²) in [6, 6.07) is 12.8. The number of carbonyl (C=O) groups is 1. The van der Waals surface area contributed by atoms with E-state index in [-0.39, 0.29) is 23.8 Å². The second-order valence-electron chi connectivity index (χ2n) is 6.51. The Morgan fingerprint density at radius 1 is 1.12 bits per heavy atom. The van der Waals surface area contributed by atoms with Crippen LogP contribution in [0.3, 0.4) is 0 Å². The third kappa shape index (κ3) is 5.03. The van der Waals surface area contributed by atoms with Crippen LogP contribution in [0.25, 0.3) is 0 Å². The fourth-order valence-corrected chi connectivity index (χ4v) is 2.66. The molecule has 2 aromatic rings. The van der Waals surface area contributed by atoms with Crippen LogP contribution in [-0.2, 0) is 11.3 Å². The van der Waals surface area contributed by atoms with Crippen LogP contribution in [0.4, 0.5) is 17.1 Å². The monoisotopic (exact) mass is 356 g/mol. The van der Waals surface area contributed by atoms with Gasteiger partial charge in [0.15, 0.2) is 0 Å². The van der Waals surface area contributed by atoms with E-state index in [1.165, 1.54) is 6.07 Å². The lowest BCUT2D eigenvalue weighted by atomic mass is 10.1. The lowest BCUT2D eigenvalue weighted by Gasteiger charge is -2.18. The lowest BCUT2D eigenvalue weighted by molar-refractivity contribution is -0.384. The number of hydrogen-bond donors (Lipinski definition) is 1. The number of carbonyl (C=O) groups excluding carboxylic acids is 1. The molecule has 0 bridgehead atoms. The van der Waals surface area contributed by atoms with Crippen molar-refractivity contribution in [2.45, 2.75) is 13.5 Å². The van der Waals surface area contributed by atoms with E-state index in [1.54, 1.807) is 19.1 Å². The summed E-state index contributed by atoms with van der Waals surface area (Å²) in [6.45, 7) is 2.48. The van der Waals surface area contributed by atoms with E-state index in [0.29, 0.717) is 12.1 Å². The summed E-state index contributed by atoms with van der Waals surface area (Å²) in [4.78, 5) is 26.8. The predicted octanol–water partition coefficient (Wildman–Crippen LogP) is 3.04. The molecule has 0 spiro atoms. The van der Waals surface area contributed by atoms with Crippen LogP contribution in [0, 0.1) is 17.0 Å². The SMILES string of the molecule is Cc1cccc([N+](=O)[O-])c1NC(=O)CN(C)Cc1ccc(N(C)C)cc1. The zero-order valence-electron chi connectivity index (χ0n) is 15.5. The summed E-state index contributed by atoms with van der Waals surface area (Å²) in [6.07, 6.45) is 0. The van der Waals surface area contributed by atoms with Crippen LogP contribution in [0.15, 0.2) is 42.5 Å². The maximum absolute atomic E-state index is 12.3. The van der Waals surface area contributed by atoms with Crippen molar-refractivity contribution in [2.24, 2.45) is 0 Å². The van der Waals surface area contributed by atoms with Crippen molar-refractivity contribution in [2.75, 3.05) is 37.9 Å². The van der Waals surface area contributed by atoms with E-state index in [4.69, 9.17) is 0 Å². The Morgan fingerprint density at radius 3 is 2.35 bits per heavy atom. The normalized spacial score (nSPS) is 10.7. The minimum absolute atomic E-state index is 0.0970. The molecule has 0 aromatic heterocycles. The maximum Gasteiger partial charge on any atom is 0.293 e. The molecule has 0 aliphatic heterocycles. The van der Waals surface area contributed by atoms with Gasteiger partial charge in [-0.25, -0.2) is 0 Å². The summed E-state index contributed by atoms with van der Waals surface area (Å²) in [5.74, 6) is -0.283. The summed E-state index contributed by atoms with van der Waals surface area (Å²) in [5.41, 5.74) is 3.02. The molecule has 7 nitrogen and oxygen atoms in total. The highest BCUT2D eigenvalue weighted by molar-refractivity contribution is 5.95. The number of rotatable bonds is 7. The van der Waals surface area contributed by atoms with Crippen LogP contribution in [0.5, 0.6) is 0 Å². The van der Waals surface area contributed by atoms with E-state index >= 15 is 0 Å². The average Bonchev–Trinajstić information content (AvgIpc) is 2.56. The number of nitro groups is 1. The molecule has 2 rings (SSSR count). The molecule has 0 heterocycles. The van der Waals surface area contributed by atoms with Crippen LogP contribution in [-0.4, -0.2) is 43.4 Å². The van der Waals surface area contributed by atoms with Gasteiger partial charge in [-0.2, -0.15) is 0 Å². The van der Waals surface area contributed by atoms with Gasteiger partial charge in [-0.1, -0.05) is 24.3 Å². The Balaban J connectivity index is 1.98. The number of nitrogens with zero attached hydrogens (tertiary/aromatic N) is 3. The number of hydrogen-bond acceptors (Lipinski definition) is 5. The molecule has 0 unspecified atom stereocenters. The minimum atomic E-state index is -0.487. The Bertz CT molecular complexity index is 788. The quantitative estimate of drug-likeness (QED) is 0.609. The third-order valence-electron chi connectivity index (χ3n) is 4.03. The van der Waals surface area contributed by atoms with Gasteiger partial charge in [-0.15, -0.1) is 0 Å². The Morgan fingerprint density at radius 2 is 1.77 bits per heavy atom. The summed E-state index contributed by atoms with van der Waals surface area (Å²) in [7, 11) is 5.80. The largest absolute Gasteiger partial charge is 0.378 e. The summed E-state index contributed by atoms with van der Waals surface area (Å²) >= 11 is 0. The second-order valence-corrected chi connectivity index (χ2v) is 6.51. The maximum atomic E-state index is 12.3. The molecule has 138 valence electrons. The first-order valence-corrected chi connectivity index (χ1v) is 8.26. The summed E-state index contributed by atoms with van der Waals surface area (Å²) in [5, 5.41) is 13.8. The van der Waals surface area contributed by atoms with Gasteiger partial charge in [0.2, 0.25) is 5.91 Å². The molecule has 0 saturated carbocycles. The van der Waals surface area contributed by atoms with E-state index in [0.717, 1.165) is 11.3 Å². The minimum Gasteiger partial charge on any atom is -0.378 e. The smallest absolute Gasteiger partial charge is 0.293 e. The Kier molecular flexibility index (Phi) is 6.30. The fraction of sp³-hybridized carbons (Fsp3) is 0.316. The fourth-order valence-electron chi connectivity index (χ4n) is 2.66. The number of nitro benzene ring substituents is 1. The van der Waals surface area contributed by atoms with Crippen molar-refractivity contribution in [1.82, 2.24) is 4.90 Å². The van der Waals surface area contributed by atoms with Crippen molar-refractivity contribution < 1.29 is 9.72 Å². The van der Waals surface area contributed by atoms with Crippen molar-refractivity contribution in [3.8, 4) is 0 Å². The molecule has 7 heteroatoms. The van der Waals surface area contributed by atoms with E-state index < -0.39 is 4.92 Å².